The van der Waals surface area contributed by atoms with E-state index in [0.717, 1.165) is 0 Å². The maximum atomic E-state index is 12.3. The van der Waals surface area contributed by atoms with E-state index in [1.165, 1.54) is 22.6 Å². The minimum atomic E-state index is -4.77. The molecule has 0 aliphatic heterocycles. The number of hydrogen-bond acceptors (Lipinski definition) is 2. The van der Waals surface area contributed by atoms with Crippen LogP contribution in [0.4, 0.5) is 22.0 Å². The van der Waals surface area contributed by atoms with Crippen LogP contribution in [0.5, 0.6) is 0 Å². The maximum absolute atomic E-state index is 12.3. The third kappa shape index (κ3) is 2.66. The average Bonchev–Trinajstić information content (AvgIpc) is 2.15. The minimum Gasteiger partial charge on any atom is -0.296 e. The van der Waals surface area contributed by atoms with Crippen LogP contribution in [-0.2, 0) is 6.18 Å². The van der Waals surface area contributed by atoms with Crippen molar-refractivity contribution in [1.82, 2.24) is 4.98 Å². The zero-order valence-electron chi connectivity index (χ0n) is 7.36. The van der Waals surface area contributed by atoms with Crippen molar-refractivity contribution in [2.45, 2.75) is 12.6 Å². The molecular formula is C8H3F5INO. The van der Waals surface area contributed by atoms with Gasteiger partial charge in [-0.05, 0) is 28.7 Å². The summed E-state index contributed by atoms with van der Waals surface area (Å²) in [6.07, 6.45) is -7.93. The lowest BCUT2D eigenvalue weighted by Gasteiger charge is -2.11. The van der Waals surface area contributed by atoms with Gasteiger partial charge in [-0.15, -0.1) is 0 Å². The second-order valence-corrected chi connectivity index (χ2v) is 3.87. The number of halogens is 6. The summed E-state index contributed by atoms with van der Waals surface area (Å²) in [7, 11) is 0. The van der Waals surface area contributed by atoms with E-state index in [4.69, 9.17) is 0 Å². The van der Waals surface area contributed by atoms with Gasteiger partial charge in [-0.25, -0.2) is 13.8 Å². The molecule has 0 fully saturated rings. The first-order chi connectivity index (χ1) is 7.27. The molecule has 0 aliphatic carbocycles. The Hall–Kier alpha value is -0.800. The predicted octanol–water partition coefficient (Wildman–Crippen LogP) is 3.46. The lowest BCUT2D eigenvalue weighted by molar-refractivity contribution is -0.142. The fourth-order valence-corrected chi connectivity index (χ4v) is 1.75. The van der Waals surface area contributed by atoms with E-state index in [9.17, 15) is 26.7 Å². The molecule has 0 unspecified atom stereocenters. The molecular weight excluding hydrogens is 348 g/mol. The van der Waals surface area contributed by atoms with Crippen molar-refractivity contribution >= 4 is 28.9 Å². The molecule has 1 rings (SSSR count). The topological polar surface area (TPSA) is 30.0 Å². The second kappa shape index (κ2) is 4.60. The molecule has 0 atom stereocenters. The van der Waals surface area contributed by atoms with E-state index in [0.29, 0.717) is 6.07 Å². The molecule has 16 heavy (non-hydrogen) atoms. The molecule has 88 valence electrons. The molecule has 0 saturated carbocycles. The van der Waals surface area contributed by atoms with Crippen LogP contribution in [-0.4, -0.2) is 11.3 Å². The van der Waals surface area contributed by atoms with Gasteiger partial charge in [0, 0.05) is 9.13 Å². The van der Waals surface area contributed by atoms with Crippen LogP contribution in [0.3, 0.4) is 0 Å². The van der Waals surface area contributed by atoms with Crippen molar-refractivity contribution in [1.29, 1.82) is 0 Å². The molecule has 8 heteroatoms. The first-order valence-electron chi connectivity index (χ1n) is 3.78. The van der Waals surface area contributed by atoms with Crippen molar-refractivity contribution in [3.63, 3.8) is 0 Å². The molecule has 0 bridgehead atoms. The number of rotatable bonds is 2. The number of carbonyl (C=O) groups is 1. The van der Waals surface area contributed by atoms with Gasteiger partial charge in [-0.1, -0.05) is 0 Å². The lowest BCUT2D eigenvalue weighted by atomic mass is 10.2. The highest BCUT2D eigenvalue weighted by atomic mass is 127. The fraction of sp³-hybridized carbons (Fsp3) is 0.250. The average molecular weight is 351 g/mol. The van der Waals surface area contributed by atoms with Gasteiger partial charge in [0.1, 0.15) is 5.69 Å². The molecule has 0 aliphatic rings. The summed E-state index contributed by atoms with van der Waals surface area (Å²) in [6, 6.07) is 0.616. The lowest BCUT2D eigenvalue weighted by Crippen LogP contribution is -2.14. The van der Waals surface area contributed by atoms with E-state index in [-0.39, 0.29) is 6.29 Å². The summed E-state index contributed by atoms with van der Waals surface area (Å²) in [5.41, 5.74) is -3.02. The summed E-state index contributed by atoms with van der Waals surface area (Å²) in [5, 5.41) is 0. The Morgan fingerprint density at radius 3 is 2.31 bits per heavy atom. The van der Waals surface area contributed by atoms with Crippen LogP contribution in [0.1, 0.15) is 28.2 Å². The summed E-state index contributed by atoms with van der Waals surface area (Å²) in [4.78, 5) is 13.3. The van der Waals surface area contributed by atoms with Crippen LogP contribution >= 0.6 is 22.6 Å². The van der Waals surface area contributed by atoms with Crippen LogP contribution in [0.25, 0.3) is 0 Å². The van der Waals surface area contributed by atoms with E-state index >= 15 is 0 Å². The van der Waals surface area contributed by atoms with Crippen LogP contribution < -0.4 is 0 Å². The number of alkyl halides is 5. The first kappa shape index (κ1) is 13.3. The van der Waals surface area contributed by atoms with Crippen molar-refractivity contribution < 1.29 is 26.7 Å². The van der Waals surface area contributed by atoms with Crippen LogP contribution in [0.15, 0.2) is 6.07 Å². The van der Waals surface area contributed by atoms with E-state index in [1.54, 1.807) is 0 Å². The third-order valence-electron chi connectivity index (χ3n) is 1.65. The van der Waals surface area contributed by atoms with Gasteiger partial charge < -0.3 is 0 Å². The Labute approximate surface area is 100.0 Å². The van der Waals surface area contributed by atoms with Crippen molar-refractivity contribution in [3.05, 3.63) is 26.6 Å². The van der Waals surface area contributed by atoms with Crippen LogP contribution in [0.2, 0.25) is 0 Å². The zero-order valence-corrected chi connectivity index (χ0v) is 9.51. The SMILES string of the molecule is O=Cc1nc(C(F)(F)F)c(I)cc1C(F)F. The van der Waals surface area contributed by atoms with Crippen molar-refractivity contribution in [2.75, 3.05) is 0 Å². The molecule has 0 saturated heterocycles. The Kier molecular flexibility index (Phi) is 3.81. The molecule has 1 aromatic rings. The minimum absolute atomic E-state index is 0.118. The summed E-state index contributed by atoms with van der Waals surface area (Å²) in [6.45, 7) is 0. The smallest absolute Gasteiger partial charge is 0.296 e. The molecule has 0 amide bonds. The summed E-state index contributed by atoms with van der Waals surface area (Å²) < 4.78 is 61.2. The van der Waals surface area contributed by atoms with Gasteiger partial charge in [0.25, 0.3) is 6.43 Å². The van der Waals surface area contributed by atoms with Gasteiger partial charge in [0.2, 0.25) is 0 Å². The van der Waals surface area contributed by atoms with E-state index in [2.05, 4.69) is 4.98 Å². The van der Waals surface area contributed by atoms with Gasteiger partial charge in [-0.3, -0.25) is 4.79 Å². The number of hydrogen-bond donors (Lipinski definition) is 0. The first-order valence-corrected chi connectivity index (χ1v) is 4.86. The highest BCUT2D eigenvalue weighted by molar-refractivity contribution is 14.1. The number of nitrogens with zero attached hydrogens (tertiary/aromatic N) is 1. The third-order valence-corrected chi connectivity index (χ3v) is 2.47. The van der Waals surface area contributed by atoms with Crippen LogP contribution in [0, 0.1) is 3.57 Å². The monoisotopic (exact) mass is 351 g/mol. The molecule has 0 aromatic carbocycles. The second-order valence-electron chi connectivity index (χ2n) is 2.71. The van der Waals surface area contributed by atoms with Gasteiger partial charge in [-0.2, -0.15) is 13.2 Å². The van der Waals surface area contributed by atoms with E-state index in [1.807, 2.05) is 0 Å². The molecule has 2 nitrogen and oxygen atoms in total. The standard InChI is InChI=1S/C8H3F5INO/c9-7(10)3-1-4(14)6(8(11,12)13)15-5(3)2-16/h1-2,7H. The molecule has 0 N–H and O–H groups in total. The van der Waals surface area contributed by atoms with Crippen molar-refractivity contribution in [3.8, 4) is 0 Å². The van der Waals surface area contributed by atoms with E-state index < -0.39 is 33.1 Å². The Balaban J connectivity index is 3.43. The number of pyridine rings is 1. The highest BCUT2D eigenvalue weighted by Crippen LogP contribution is 2.33. The number of aldehydes is 1. The molecule has 1 heterocycles. The van der Waals surface area contributed by atoms with Gasteiger partial charge >= 0.3 is 6.18 Å². The van der Waals surface area contributed by atoms with Crippen molar-refractivity contribution in [2.24, 2.45) is 0 Å². The number of aromatic nitrogens is 1. The Morgan fingerprint density at radius 2 is 1.94 bits per heavy atom. The van der Waals surface area contributed by atoms with Gasteiger partial charge in [0.05, 0.1) is 0 Å². The number of carbonyl (C=O) groups excluding carboxylic acids is 1. The quantitative estimate of drug-likeness (QED) is 0.464. The largest absolute Gasteiger partial charge is 0.434 e. The van der Waals surface area contributed by atoms with Gasteiger partial charge in [0.15, 0.2) is 12.0 Å². The Bertz CT molecular complexity index is 418. The normalized spacial score (nSPS) is 11.9. The fourth-order valence-electron chi connectivity index (χ4n) is 0.985. The maximum Gasteiger partial charge on any atom is 0.434 e. The summed E-state index contributed by atoms with van der Waals surface area (Å²) in [5.74, 6) is 0. The predicted molar refractivity (Wildman–Crippen MR) is 52.3 cm³/mol. The molecule has 0 spiro atoms. The Morgan fingerprint density at radius 1 is 1.38 bits per heavy atom. The summed E-state index contributed by atoms with van der Waals surface area (Å²) >= 11 is 1.25. The molecule has 1 aromatic heterocycles. The molecule has 0 radical (unpaired) electrons. The highest BCUT2D eigenvalue weighted by Gasteiger charge is 2.36. The zero-order chi connectivity index (χ0) is 12.5.